The molecule has 0 unspecified atom stereocenters. The number of rotatable bonds is 2. The summed E-state index contributed by atoms with van der Waals surface area (Å²) in [5, 5.41) is 12.9. The molecule has 2 aliphatic heterocycles. The fraction of sp³-hybridized carbons (Fsp3) is 0.300. The maximum absolute atomic E-state index is 11.8. The number of urea groups is 1. The van der Waals surface area contributed by atoms with E-state index in [0.29, 0.717) is 0 Å². The predicted octanol–water partition coefficient (Wildman–Crippen LogP) is -1.98. The lowest BCUT2D eigenvalue weighted by atomic mass is 9.90. The van der Waals surface area contributed by atoms with Crippen LogP contribution in [0.25, 0.3) is 0 Å². The van der Waals surface area contributed by atoms with Crippen molar-refractivity contribution in [3.63, 3.8) is 0 Å². The summed E-state index contributed by atoms with van der Waals surface area (Å²) in [7, 11) is 0. The van der Waals surface area contributed by atoms with Gasteiger partial charge in [0.15, 0.2) is 0 Å². The molecule has 0 aromatic carbocycles. The van der Waals surface area contributed by atoms with E-state index in [0.717, 1.165) is 0 Å². The summed E-state index contributed by atoms with van der Waals surface area (Å²) in [6.45, 7) is 1.30. The zero-order valence-corrected chi connectivity index (χ0v) is 10.0. The standard InChI is InChI=1S/C10H8N2O8/c1-2-19-5(14)3-4(13)6(15)20-10(3)7(16)11-9(18)12-8(10)17/h13H,2H2,1H3,(H2,11,12,16,17,18). The first-order valence-corrected chi connectivity index (χ1v) is 5.35. The van der Waals surface area contributed by atoms with Crippen LogP contribution >= 0.6 is 0 Å². The summed E-state index contributed by atoms with van der Waals surface area (Å²) >= 11 is 0. The number of aliphatic hydroxyl groups is 1. The minimum absolute atomic E-state index is 0.137. The van der Waals surface area contributed by atoms with Gasteiger partial charge in [0.2, 0.25) is 5.76 Å². The second-order valence-electron chi connectivity index (χ2n) is 3.75. The van der Waals surface area contributed by atoms with E-state index in [1.54, 1.807) is 10.6 Å². The Morgan fingerprint density at radius 1 is 1.25 bits per heavy atom. The maximum atomic E-state index is 11.8. The Bertz CT molecular complexity index is 570. The first kappa shape index (κ1) is 13.5. The van der Waals surface area contributed by atoms with Crippen LogP contribution in [-0.2, 0) is 28.7 Å². The summed E-state index contributed by atoms with van der Waals surface area (Å²) in [6.07, 6.45) is 0. The molecule has 0 saturated carbocycles. The van der Waals surface area contributed by atoms with E-state index < -0.39 is 46.7 Å². The lowest BCUT2D eigenvalue weighted by Gasteiger charge is -2.29. The third-order valence-corrected chi connectivity index (χ3v) is 2.60. The molecule has 1 fully saturated rings. The quantitative estimate of drug-likeness (QED) is 0.390. The van der Waals surface area contributed by atoms with Gasteiger partial charge in [-0.1, -0.05) is 0 Å². The van der Waals surface area contributed by atoms with Crippen molar-refractivity contribution in [2.75, 3.05) is 6.61 Å². The fourth-order valence-electron chi connectivity index (χ4n) is 1.79. The van der Waals surface area contributed by atoms with Crippen molar-refractivity contribution in [3.8, 4) is 0 Å². The van der Waals surface area contributed by atoms with Gasteiger partial charge in [-0.3, -0.25) is 20.2 Å². The number of carbonyl (C=O) groups excluding carboxylic acids is 5. The zero-order valence-electron chi connectivity index (χ0n) is 10.0. The van der Waals surface area contributed by atoms with Crippen LogP contribution in [0, 0.1) is 0 Å². The van der Waals surface area contributed by atoms with Crippen LogP contribution in [0.2, 0.25) is 0 Å². The minimum atomic E-state index is -2.76. The van der Waals surface area contributed by atoms with Crippen LogP contribution in [0.1, 0.15) is 6.92 Å². The van der Waals surface area contributed by atoms with Gasteiger partial charge < -0.3 is 14.6 Å². The molecule has 10 heteroatoms. The number of imide groups is 2. The molecule has 106 valence electrons. The van der Waals surface area contributed by atoms with Crippen LogP contribution < -0.4 is 10.6 Å². The number of aliphatic hydroxyl groups excluding tert-OH is 1. The highest BCUT2D eigenvalue weighted by molar-refractivity contribution is 6.30. The van der Waals surface area contributed by atoms with E-state index in [2.05, 4.69) is 9.47 Å². The molecule has 0 aromatic rings. The summed E-state index contributed by atoms with van der Waals surface area (Å²) in [4.78, 5) is 57.7. The molecule has 4 amide bonds. The number of nitrogens with one attached hydrogen (secondary N) is 2. The Balaban J connectivity index is 2.57. The van der Waals surface area contributed by atoms with Crippen LogP contribution in [0.4, 0.5) is 4.79 Å². The first-order valence-electron chi connectivity index (χ1n) is 5.35. The van der Waals surface area contributed by atoms with Gasteiger partial charge in [0.05, 0.1) is 6.61 Å². The van der Waals surface area contributed by atoms with Crippen molar-refractivity contribution in [2.45, 2.75) is 12.5 Å². The molecular formula is C10H8N2O8. The minimum Gasteiger partial charge on any atom is -0.501 e. The number of ether oxygens (including phenoxy) is 2. The van der Waals surface area contributed by atoms with Gasteiger partial charge in [-0.15, -0.1) is 0 Å². The highest BCUT2D eigenvalue weighted by Crippen LogP contribution is 2.34. The Kier molecular flexibility index (Phi) is 2.93. The van der Waals surface area contributed by atoms with E-state index >= 15 is 0 Å². The number of hydrogen-bond donors (Lipinski definition) is 3. The number of hydrogen-bond acceptors (Lipinski definition) is 8. The molecule has 0 atom stereocenters. The topological polar surface area (TPSA) is 148 Å². The average molecular weight is 284 g/mol. The van der Waals surface area contributed by atoms with Gasteiger partial charge in [-0.05, 0) is 6.92 Å². The molecular weight excluding hydrogens is 276 g/mol. The zero-order chi connectivity index (χ0) is 15.1. The number of amides is 4. The van der Waals surface area contributed by atoms with E-state index in [1.807, 2.05) is 0 Å². The number of carbonyl (C=O) groups is 5. The van der Waals surface area contributed by atoms with Crippen molar-refractivity contribution < 1.29 is 38.6 Å². The smallest absolute Gasteiger partial charge is 0.376 e. The molecule has 2 rings (SSSR count). The molecule has 2 aliphatic rings. The van der Waals surface area contributed by atoms with Gasteiger partial charge in [-0.25, -0.2) is 14.4 Å². The lowest BCUT2D eigenvalue weighted by molar-refractivity contribution is -0.167. The first-order chi connectivity index (χ1) is 9.34. The summed E-state index contributed by atoms with van der Waals surface area (Å²) in [6, 6.07) is -1.14. The molecule has 0 aromatic heterocycles. The Morgan fingerprint density at radius 2 is 1.80 bits per heavy atom. The molecule has 3 N–H and O–H groups in total. The van der Waals surface area contributed by atoms with E-state index in [-0.39, 0.29) is 6.61 Å². The van der Waals surface area contributed by atoms with Gasteiger partial charge in [-0.2, -0.15) is 0 Å². The third-order valence-electron chi connectivity index (χ3n) is 2.60. The largest absolute Gasteiger partial charge is 0.501 e. The van der Waals surface area contributed by atoms with Crippen LogP contribution in [0.5, 0.6) is 0 Å². The highest BCUT2D eigenvalue weighted by Gasteiger charge is 2.65. The summed E-state index contributed by atoms with van der Waals surface area (Å²) in [5.74, 6) is -6.69. The lowest BCUT2D eigenvalue weighted by Crippen LogP contribution is -2.68. The number of esters is 2. The second-order valence-corrected chi connectivity index (χ2v) is 3.75. The van der Waals surface area contributed by atoms with Crippen LogP contribution in [-0.4, -0.2) is 47.1 Å². The molecule has 20 heavy (non-hydrogen) atoms. The summed E-state index contributed by atoms with van der Waals surface area (Å²) < 4.78 is 9.08. The predicted molar refractivity (Wildman–Crippen MR) is 56.8 cm³/mol. The van der Waals surface area contributed by atoms with Gasteiger partial charge in [0.1, 0.15) is 5.57 Å². The second kappa shape index (κ2) is 4.33. The van der Waals surface area contributed by atoms with Gasteiger partial charge in [0.25, 0.3) is 11.8 Å². The Labute approximate surface area is 110 Å². The van der Waals surface area contributed by atoms with Crippen molar-refractivity contribution >= 4 is 29.8 Å². The third kappa shape index (κ3) is 1.61. The fourth-order valence-corrected chi connectivity index (χ4v) is 1.79. The molecule has 2 heterocycles. The highest BCUT2D eigenvalue weighted by atomic mass is 16.6. The van der Waals surface area contributed by atoms with Gasteiger partial charge >= 0.3 is 23.6 Å². The Morgan fingerprint density at radius 3 is 2.30 bits per heavy atom. The van der Waals surface area contributed by atoms with E-state index in [4.69, 9.17) is 0 Å². The van der Waals surface area contributed by atoms with Crippen LogP contribution in [0.3, 0.4) is 0 Å². The normalized spacial score (nSPS) is 20.6. The van der Waals surface area contributed by atoms with Gasteiger partial charge in [0, 0.05) is 0 Å². The monoisotopic (exact) mass is 284 g/mol. The van der Waals surface area contributed by atoms with E-state index in [9.17, 15) is 29.1 Å². The molecule has 0 bridgehead atoms. The molecule has 0 radical (unpaired) electrons. The van der Waals surface area contributed by atoms with E-state index in [1.165, 1.54) is 6.92 Å². The van der Waals surface area contributed by atoms with Crippen molar-refractivity contribution in [1.82, 2.24) is 10.6 Å². The molecule has 10 nitrogen and oxygen atoms in total. The SMILES string of the molecule is CCOC(=O)C1=C(O)C(=O)OC12C(=O)NC(=O)NC2=O. The van der Waals surface area contributed by atoms with Crippen molar-refractivity contribution in [3.05, 3.63) is 11.3 Å². The average Bonchev–Trinajstić information content (AvgIpc) is 2.61. The molecule has 1 spiro atoms. The molecule has 0 aliphatic carbocycles. The Hall–Kier alpha value is -2.91. The maximum Gasteiger partial charge on any atom is 0.376 e. The van der Waals surface area contributed by atoms with Crippen molar-refractivity contribution in [2.24, 2.45) is 0 Å². The number of barbiturate groups is 1. The van der Waals surface area contributed by atoms with Crippen LogP contribution in [0.15, 0.2) is 11.3 Å². The summed E-state index contributed by atoms with van der Waals surface area (Å²) in [5.41, 5.74) is -3.73. The molecule has 1 saturated heterocycles. The van der Waals surface area contributed by atoms with Crippen molar-refractivity contribution in [1.29, 1.82) is 0 Å².